The van der Waals surface area contributed by atoms with Gasteiger partial charge in [0, 0.05) is 31.6 Å². The number of H-pyrrole nitrogens is 1. The number of benzene rings is 1. The number of aryl methyl sites for hydroxylation is 1. The van der Waals surface area contributed by atoms with Crippen LogP contribution in [0.1, 0.15) is 30.2 Å². The first kappa shape index (κ1) is 14.5. The first-order valence-corrected chi connectivity index (χ1v) is 7.96. The monoisotopic (exact) mass is 316 g/mol. The maximum atomic E-state index is 5.84. The predicted octanol–water partition coefficient (Wildman–Crippen LogP) is 1.67. The third-order valence-corrected chi connectivity index (χ3v) is 4.19. The number of nitrogens with zero attached hydrogens (tertiary/aromatic N) is 3. The predicted molar refractivity (Wildman–Crippen MR) is 82.3 cm³/mol. The van der Waals surface area contributed by atoms with E-state index in [-0.39, 0.29) is 6.10 Å². The highest BCUT2D eigenvalue weighted by Crippen LogP contribution is 2.36. The lowest BCUT2D eigenvalue weighted by atomic mass is 10.1. The molecule has 122 valence electrons. The van der Waals surface area contributed by atoms with Crippen molar-refractivity contribution in [2.45, 2.75) is 26.0 Å². The van der Waals surface area contributed by atoms with Crippen LogP contribution in [-0.2, 0) is 17.7 Å². The molecule has 0 saturated carbocycles. The molecule has 1 saturated heterocycles. The normalized spacial score (nSPS) is 20.8. The van der Waals surface area contributed by atoms with Gasteiger partial charge in [-0.1, -0.05) is 19.1 Å². The van der Waals surface area contributed by atoms with Crippen LogP contribution in [0.2, 0.25) is 0 Å². The van der Waals surface area contributed by atoms with E-state index in [0.717, 1.165) is 54.8 Å². The number of hydrogen-bond acceptors (Lipinski definition) is 6. The number of aromatic nitrogens is 3. The number of morpholine rings is 1. The molecule has 1 unspecified atom stereocenters. The third kappa shape index (κ3) is 2.89. The van der Waals surface area contributed by atoms with Crippen molar-refractivity contribution in [3.8, 4) is 11.5 Å². The van der Waals surface area contributed by atoms with E-state index in [4.69, 9.17) is 14.2 Å². The Morgan fingerprint density at radius 2 is 2.30 bits per heavy atom. The molecule has 1 fully saturated rings. The van der Waals surface area contributed by atoms with Crippen LogP contribution in [-0.4, -0.2) is 46.6 Å². The summed E-state index contributed by atoms with van der Waals surface area (Å²) in [7, 11) is 0. The zero-order chi connectivity index (χ0) is 15.6. The molecular weight excluding hydrogens is 296 g/mol. The van der Waals surface area contributed by atoms with Crippen molar-refractivity contribution < 1.29 is 14.2 Å². The summed E-state index contributed by atoms with van der Waals surface area (Å²) in [4.78, 5) is 6.83. The summed E-state index contributed by atoms with van der Waals surface area (Å²) in [5, 5.41) is 7.23. The molecule has 1 aromatic heterocycles. The number of fused-ring (bicyclic) bond motifs is 1. The number of nitrogens with one attached hydrogen (secondary N) is 1. The summed E-state index contributed by atoms with van der Waals surface area (Å²) in [5.41, 5.74) is 1.14. The van der Waals surface area contributed by atoms with Crippen molar-refractivity contribution in [2.75, 3.05) is 26.5 Å². The summed E-state index contributed by atoms with van der Waals surface area (Å²) in [5.74, 6) is 3.33. The molecule has 0 bridgehead atoms. The van der Waals surface area contributed by atoms with E-state index in [1.54, 1.807) is 0 Å². The van der Waals surface area contributed by atoms with Crippen LogP contribution >= 0.6 is 0 Å². The van der Waals surface area contributed by atoms with E-state index in [1.807, 2.05) is 12.1 Å². The Morgan fingerprint density at radius 3 is 3.17 bits per heavy atom. The largest absolute Gasteiger partial charge is 0.454 e. The lowest BCUT2D eigenvalue weighted by molar-refractivity contribution is -0.0372. The Bertz CT molecular complexity index is 688. The van der Waals surface area contributed by atoms with E-state index < -0.39 is 0 Å². The van der Waals surface area contributed by atoms with Crippen LogP contribution in [0.15, 0.2) is 18.2 Å². The minimum Gasteiger partial charge on any atom is -0.454 e. The number of aromatic amines is 1. The highest BCUT2D eigenvalue weighted by atomic mass is 16.7. The Kier molecular flexibility index (Phi) is 3.88. The van der Waals surface area contributed by atoms with Crippen LogP contribution in [0.4, 0.5) is 0 Å². The molecule has 1 N–H and O–H groups in total. The number of para-hydroxylation sites is 1. The second kappa shape index (κ2) is 6.17. The van der Waals surface area contributed by atoms with Gasteiger partial charge in [0.1, 0.15) is 11.9 Å². The first-order valence-electron chi connectivity index (χ1n) is 7.96. The second-order valence-corrected chi connectivity index (χ2v) is 5.74. The minimum absolute atomic E-state index is 0.0887. The van der Waals surface area contributed by atoms with Crippen LogP contribution < -0.4 is 9.47 Å². The van der Waals surface area contributed by atoms with Crippen molar-refractivity contribution >= 4 is 0 Å². The Labute approximate surface area is 134 Å². The number of ether oxygens (including phenoxy) is 3. The lowest BCUT2D eigenvalue weighted by Crippen LogP contribution is -2.38. The van der Waals surface area contributed by atoms with Gasteiger partial charge in [0.2, 0.25) is 6.79 Å². The zero-order valence-corrected chi connectivity index (χ0v) is 13.1. The van der Waals surface area contributed by atoms with E-state index in [2.05, 4.69) is 33.1 Å². The van der Waals surface area contributed by atoms with Gasteiger partial charge >= 0.3 is 0 Å². The summed E-state index contributed by atoms with van der Waals surface area (Å²) < 4.78 is 16.9. The van der Waals surface area contributed by atoms with Gasteiger partial charge in [-0.2, -0.15) is 5.10 Å². The Hall–Kier alpha value is -2.12. The standard InChI is InChI=1S/C16H20N4O3/c1-2-14-17-16(19-18-14)13-9-20(6-7-21-13)8-11-4-3-5-12-15(11)23-10-22-12/h3-5,13H,2,6-10H2,1H3,(H,17,18,19). The molecule has 2 aromatic rings. The van der Waals surface area contributed by atoms with Gasteiger partial charge in [-0.3, -0.25) is 10.00 Å². The summed E-state index contributed by atoms with van der Waals surface area (Å²) in [6.07, 6.45) is 0.755. The molecule has 2 aliphatic rings. The van der Waals surface area contributed by atoms with Gasteiger partial charge in [0.15, 0.2) is 17.3 Å². The summed E-state index contributed by atoms with van der Waals surface area (Å²) in [6.45, 7) is 5.48. The molecule has 2 aliphatic heterocycles. The van der Waals surface area contributed by atoms with Crippen LogP contribution in [0.5, 0.6) is 11.5 Å². The molecule has 23 heavy (non-hydrogen) atoms. The molecule has 3 heterocycles. The highest BCUT2D eigenvalue weighted by molar-refractivity contribution is 5.48. The molecule has 1 atom stereocenters. The Balaban J connectivity index is 1.46. The summed E-state index contributed by atoms with van der Waals surface area (Å²) >= 11 is 0. The molecule has 7 nitrogen and oxygen atoms in total. The van der Waals surface area contributed by atoms with Crippen LogP contribution in [0.25, 0.3) is 0 Å². The molecule has 4 rings (SSSR count). The maximum Gasteiger partial charge on any atom is 0.231 e. The van der Waals surface area contributed by atoms with Gasteiger partial charge < -0.3 is 14.2 Å². The maximum absolute atomic E-state index is 5.84. The van der Waals surface area contributed by atoms with Gasteiger partial charge in [-0.05, 0) is 6.07 Å². The van der Waals surface area contributed by atoms with Gasteiger partial charge in [0.05, 0.1) is 6.61 Å². The molecular formula is C16H20N4O3. The van der Waals surface area contributed by atoms with E-state index in [1.165, 1.54) is 0 Å². The summed E-state index contributed by atoms with van der Waals surface area (Å²) in [6, 6.07) is 6.03. The fourth-order valence-electron chi connectivity index (χ4n) is 2.97. The van der Waals surface area contributed by atoms with E-state index in [9.17, 15) is 0 Å². The van der Waals surface area contributed by atoms with Crippen molar-refractivity contribution in [2.24, 2.45) is 0 Å². The van der Waals surface area contributed by atoms with Crippen molar-refractivity contribution in [1.82, 2.24) is 20.1 Å². The lowest BCUT2D eigenvalue weighted by Gasteiger charge is -2.31. The molecule has 0 radical (unpaired) electrons. The fraction of sp³-hybridized carbons (Fsp3) is 0.500. The molecule has 0 amide bonds. The average Bonchev–Trinajstić information content (AvgIpc) is 3.25. The van der Waals surface area contributed by atoms with Crippen molar-refractivity contribution in [1.29, 1.82) is 0 Å². The van der Waals surface area contributed by atoms with Gasteiger partial charge in [0.25, 0.3) is 0 Å². The topological polar surface area (TPSA) is 72.5 Å². The van der Waals surface area contributed by atoms with E-state index >= 15 is 0 Å². The van der Waals surface area contributed by atoms with Crippen molar-refractivity contribution in [3.63, 3.8) is 0 Å². The first-order chi connectivity index (χ1) is 11.3. The molecule has 0 spiro atoms. The van der Waals surface area contributed by atoms with Crippen molar-refractivity contribution in [3.05, 3.63) is 35.4 Å². The van der Waals surface area contributed by atoms with Gasteiger partial charge in [-0.25, -0.2) is 4.98 Å². The zero-order valence-electron chi connectivity index (χ0n) is 13.1. The molecule has 0 aliphatic carbocycles. The second-order valence-electron chi connectivity index (χ2n) is 5.74. The molecule has 1 aromatic carbocycles. The van der Waals surface area contributed by atoms with Crippen LogP contribution in [0, 0.1) is 0 Å². The minimum atomic E-state index is -0.0887. The molecule has 7 heteroatoms. The quantitative estimate of drug-likeness (QED) is 0.925. The highest BCUT2D eigenvalue weighted by Gasteiger charge is 2.27. The Morgan fingerprint density at radius 1 is 1.35 bits per heavy atom. The third-order valence-electron chi connectivity index (χ3n) is 4.19. The number of hydrogen-bond donors (Lipinski definition) is 1. The SMILES string of the molecule is CCc1nc(C2CN(Cc3cccc4c3OCO4)CCO2)n[nH]1. The average molecular weight is 316 g/mol. The van der Waals surface area contributed by atoms with Crippen LogP contribution in [0.3, 0.4) is 0 Å². The smallest absolute Gasteiger partial charge is 0.231 e. The number of rotatable bonds is 4. The van der Waals surface area contributed by atoms with Gasteiger partial charge in [-0.15, -0.1) is 0 Å². The fourth-order valence-corrected chi connectivity index (χ4v) is 2.97. The van der Waals surface area contributed by atoms with E-state index in [0.29, 0.717) is 13.4 Å².